The predicted octanol–water partition coefficient (Wildman–Crippen LogP) is 4.29. The van der Waals surface area contributed by atoms with Crippen molar-refractivity contribution in [1.82, 2.24) is 9.55 Å². The molecule has 1 amide bonds. The smallest absolute Gasteiger partial charge is 0.258 e. The molecule has 4 rings (SSSR count). The summed E-state index contributed by atoms with van der Waals surface area (Å²) in [5, 5.41) is 2.72. The van der Waals surface area contributed by atoms with Crippen LogP contribution in [0.2, 0.25) is 0 Å². The lowest BCUT2D eigenvalue weighted by molar-refractivity contribution is 0.102. The number of aryl methyl sites for hydroxylation is 2. The van der Waals surface area contributed by atoms with E-state index in [9.17, 15) is 9.18 Å². The molecular weight excluding hydrogens is 345 g/mol. The molecule has 0 bridgehead atoms. The van der Waals surface area contributed by atoms with Gasteiger partial charge in [-0.25, -0.2) is 9.37 Å². The second-order valence-corrected chi connectivity index (χ2v) is 6.57. The number of imidazole rings is 1. The average Bonchev–Trinajstić information content (AvgIpc) is 3.12. The number of aromatic nitrogens is 2. The summed E-state index contributed by atoms with van der Waals surface area (Å²) in [6.45, 7) is 1.02. The first kappa shape index (κ1) is 17.3. The normalized spacial score (nSPS) is 13.1. The minimum atomic E-state index is -0.618. The largest absolute Gasteiger partial charge is 0.497 e. The van der Waals surface area contributed by atoms with Gasteiger partial charge in [0, 0.05) is 36.5 Å². The number of methoxy groups -OCH3 is 1. The molecule has 1 aliphatic heterocycles. The van der Waals surface area contributed by atoms with E-state index in [-0.39, 0.29) is 5.56 Å². The number of rotatable bonds is 4. The van der Waals surface area contributed by atoms with Crippen LogP contribution in [0.15, 0.2) is 48.7 Å². The van der Waals surface area contributed by atoms with Crippen LogP contribution in [0.25, 0.3) is 11.3 Å². The molecule has 0 radical (unpaired) electrons. The Hall–Kier alpha value is -3.15. The van der Waals surface area contributed by atoms with Crippen molar-refractivity contribution in [3.63, 3.8) is 0 Å². The number of nitrogens with one attached hydrogen (secondary N) is 1. The van der Waals surface area contributed by atoms with Crippen LogP contribution in [-0.4, -0.2) is 22.6 Å². The van der Waals surface area contributed by atoms with Crippen molar-refractivity contribution in [2.24, 2.45) is 0 Å². The number of ether oxygens (including phenoxy) is 1. The van der Waals surface area contributed by atoms with E-state index in [2.05, 4.69) is 16.1 Å². The highest BCUT2D eigenvalue weighted by atomic mass is 19.1. The Morgan fingerprint density at radius 1 is 1.19 bits per heavy atom. The molecule has 3 aromatic rings. The van der Waals surface area contributed by atoms with Crippen LogP contribution in [-0.2, 0) is 13.0 Å². The Kier molecular flexibility index (Phi) is 4.62. The van der Waals surface area contributed by atoms with E-state index in [0.29, 0.717) is 11.4 Å². The van der Waals surface area contributed by atoms with Crippen LogP contribution in [0.3, 0.4) is 0 Å². The second kappa shape index (κ2) is 7.23. The summed E-state index contributed by atoms with van der Waals surface area (Å²) in [5.74, 6) is 0.382. The highest BCUT2D eigenvalue weighted by Gasteiger charge is 2.15. The van der Waals surface area contributed by atoms with Gasteiger partial charge < -0.3 is 14.6 Å². The highest BCUT2D eigenvalue weighted by molar-refractivity contribution is 6.04. The van der Waals surface area contributed by atoms with Crippen LogP contribution in [0.5, 0.6) is 5.75 Å². The Labute approximate surface area is 156 Å². The lowest BCUT2D eigenvalue weighted by atomic mass is 10.1. The van der Waals surface area contributed by atoms with Crippen molar-refractivity contribution < 1.29 is 13.9 Å². The first-order chi connectivity index (χ1) is 13.1. The number of fused-ring (bicyclic) bond motifs is 1. The van der Waals surface area contributed by atoms with Crippen LogP contribution in [0.1, 0.15) is 29.0 Å². The van der Waals surface area contributed by atoms with Crippen LogP contribution in [0, 0.1) is 5.82 Å². The number of anilines is 1. The molecule has 0 spiro atoms. The Morgan fingerprint density at radius 2 is 2.00 bits per heavy atom. The summed E-state index contributed by atoms with van der Waals surface area (Å²) in [6.07, 6.45) is 5.47. The van der Waals surface area contributed by atoms with Crippen molar-refractivity contribution in [3.05, 3.63) is 65.9 Å². The number of amides is 1. The fourth-order valence-corrected chi connectivity index (χ4v) is 3.28. The number of carbonyl (C=O) groups is 1. The number of carbonyl (C=O) groups excluding carboxylic acids is 1. The van der Waals surface area contributed by atoms with Gasteiger partial charge in [-0.1, -0.05) is 12.1 Å². The predicted molar refractivity (Wildman–Crippen MR) is 102 cm³/mol. The van der Waals surface area contributed by atoms with E-state index in [0.717, 1.165) is 30.0 Å². The average molecular weight is 365 g/mol. The first-order valence-corrected chi connectivity index (χ1v) is 8.95. The van der Waals surface area contributed by atoms with Gasteiger partial charge in [0.25, 0.3) is 5.91 Å². The maximum absolute atomic E-state index is 14.0. The fraction of sp³-hybridized carbons (Fsp3) is 0.238. The molecule has 1 aromatic heterocycles. The molecule has 0 saturated heterocycles. The molecule has 138 valence electrons. The summed E-state index contributed by atoms with van der Waals surface area (Å²) in [7, 11) is 1.45. The zero-order valence-corrected chi connectivity index (χ0v) is 15.0. The molecule has 0 aliphatic carbocycles. The molecule has 2 heterocycles. The maximum Gasteiger partial charge on any atom is 0.258 e. The zero-order chi connectivity index (χ0) is 18.8. The molecule has 27 heavy (non-hydrogen) atoms. The molecule has 0 unspecified atom stereocenters. The van der Waals surface area contributed by atoms with Gasteiger partial charge in [0.15, 0.2) is 0 Å². The molecule has 2 aromatic carbocycles. The van der Waals surface area contributed by atoms with E-state index in [1.54, 1.807) is 18.2 Å². The van der Waals surface area contributed by atoms with Gasteiger partial charge in [-0.05, 0) is 37.1 Å². The lowest BCUT2D eigenvalue weighted by Gasteiger charge is -2.11. The third kappa shape index (κ3) is 3.56. The first-order valence-electron chi connectivity index (χ1n) is 8.95. The number of benzene rings is 2. The van der Waals surface area contributed by atoms with E-state index < -0.39 is 11.7 Å². The van der Waals surface area contributed by atoms with Crippen LogP contribution < -0.4 is 10.1 Å². The lowest BCUT2D eigenvalue weighted by Crippen LogP contribution is -2.13. The van der Waals surface area contributed by atoms with E-state index >= 15 is 0 Å². The Bertz CT molecular complexity index is 956. The number of nitrogens with zero attached hydrogens (tertiary/aromatic N) is 2. The van der Waals surface area contributed by atoms with Crippen molar-refractivity contribution in [2.45, 2.75) is 25.8 Å². The van der Waals surface area contributed by atoms with Gasteiger partial charge in [0.1, 0.15) is 17.4 Å². The van der Waals surface area contributed by atoms with Crippen molar-refractivity contribution in [3.8, 4) is 17.0 Å². The van der Waals surface area contributed by atoms with E-state index in [4.69, 9.17) is 9.72 Å². The molecule has 1 N–H and O–H groups in total. The maximum atomic E-state index is 14.0. The minimum absolute atomic E-state index is 0.0262. The molecule has 0 atom stereocenters. The second-order valence-electron chi connectivity index (χ2n) is 6.57. The topological polar surface area (TPSA) is 56.1 Å². The number of halogens is 1. The summed E-state index contributed by atoms with van der Waals surface area (Å²) in [4.78, 5) is 17.0. The van der Waals surface area contributed by atoms with Gasteiger partial charge in [-0.15, -0.1) is 0 Å². The summed E-state index contributed by atoms with van der Waals surface area (Å²) in [6, 6.07) is 11.6. The summed E-state index contributed by atoms with van der Waals surface area (Å²) < 4.78 is 21.2. The number of hydrogen-bond donors (Lipinski definition) is 1. The molecule has 1 aliphatic rings. The fourth-order valence-electron chi connectivity index (χ4n) is 3.28. The van der Waals surface area contributed by atoms with Crippen LogP contribution >= 0.6 is 0 Å². The Morgan fingerprint density at radius 3 is 2.70 bits per heavy atom. The third-order valence-electron chi connectivity index (χ3n) is 4.77. The van der Waals surface area contributed by atoms with Crippen LogP contribution in [0.4, 0.5) is 10.1 Å². The van der Waals surface area contributed by atoms with Gasteiger partial charge in [0.05, 0.1) is 18.4 Å². The SMILES string of the molecule is COc1ccc(C(=O)Nc2ccc(-c3cn4c(n3)CCCC4)cc2)c(F)c1. The van der Waals surface area contributed by atoms with Gasteiger partial charge in [-0.3, -0.25) is 4.79 Å². The Balaban J connectivity index is 1.49. The summed E-state index contributed by atoms with van der Waals surface area (Å²) in [5.41, 5.74) is 2.50. The summed E-state index contributed by atoms with van der Waals surface area (Å²) >= 11 is 0. The third-order valence-corrected chi connectivity index (χ3v) is 4.77. The van der Waals surface area contributed by atoms with Gasteiger partial charge >= 0.3 is 0 Å². The van der Waals surface area contributed by atoms with E-state index in [1.807, 2.05) is 12.1 Å². The number of hydrogen-bond acceptors (Lipinski definition) is 3. The monoisotopic (exact) mass is 365 g/mol. The van der Waals surface area contributed by atoms with Gasteiger partial charge in [0.2, 0.25) is 0 Å². The van der Waals surface area contributed by atoms with Crippen molar-refractivity contribution in [2.75, 3.05) is 12.4 Å². The quantitative estimate of drug-likeness (QED) is 0.750. The minimum Gasteiger partial charge on any atom is -0.497 e. The van der Waals surface area contributed by atoms with E-state index in [1.165, 1.54) is 32.1 Å². The van der Waals surface area contributed by atoms with Crippen molar-refractivity contribution in [1.29, 1.82) is 0 Å². The molecule has 5 nitrogen and oxygen atoms in total. The zero-order valence-electron chi connectivity index (χ0n) is 15.0. The van der Waals surface area contributed by atoms with Gasteiger partial charge in [-0.2, -0.15) is 0 Å². The molecular formula is C21H20FN3O2. The van der Waals surface area contributed by atoms with Crippen molar-refractivity contribution >= 4 is 11.6 Å². The standard InChI is InChI=1S/C21H20FN3O2/c1-27-16-9-10-17(18(22)12-16)21(26)23-15-7-5-14(6-8-15)19-13-25-11-3-2-4-20(25)24-19/h5-10,12-13H,2-4,11H2,1H3,(H,23,26). The molecule has 0 saturated carbocycles. The highest BCUT2D eigenvalue weighted by Crippen LogP contribution is 2.24. The molecule has 0 fully saturated rings. The molecule has 6 heteroatoms.